The van der Waals surface area contributed by atoms with Crippen LogP contribution < -0.4 is 19.9 Å². The minimum absolute atomic E-state index is 0. The van der Waals surface area contributed by atoms with Crippen LogP contribution in [0.5, 0.6) is 11.6 Å². The Morgan fingerprint density at radius 1 is 1.18 bits per heavy atom. The number of nitrogens with one attached hydrogen (secondary N) is 1. The van der Waals surface area contributed by atoms with Gasteiger partial charge in [-0.25, -0.2) is 27.9 Å². The van der Waals surface area contributed by atoms with Crippen molar-refractivity contribution in [3.8, 4) is 22.9 Å². The van der Waals surface area contributed by atoms with E-state index < -0.39 is 51.1 Å². The summed E-state index contributed by atoms with van der Waals surface area (Å²) < 4.78 is 79.3. The molecular weight excluding hydrogens is 525 g/mol. The summed E-state index contributed by atoms with van der Waals surface area (Å²) in [5, 5.41) is -0.496. The summed E-state index contributed by atoms with van der Waals surface area (Å²) >= 11 is 0. The molecule has 1 aliphatic carbocycles. The van der Waals surface area contributed by atoms with Gasteiger partial charge in [-0.3, -0.25) is 4.79 Å². The lowest BCUT2D eigenvalue weighted by molar-refractivity contribution is 0.0845. The Balaban J connectivity index is 0.00000280. The number of anilines is 1. The van der Waals surface area contributed by atoms with E-state index in [9.17, 15) is 26.4 Å². The number of pyridine rings is 2. The van der Waals surface area contributed by atoms with Gasteiger partial charge >= 0.3 is 0 Å². The summed E-state index contributed by atoms with van der Waals surface area (Å²) in [5.41, 5.74) is 5.61. The van der Waals surface area contributed by atoms with E-state index in [2.05, 4.69) is 9.97 Å². The third-order valence-electron chi connectivity index (χ3n) is 5.48. The first kappa shape index (κ1) is 27.2. The molecule has 0 radical (unpaired) electrons. The highest BCUT2D eigenvalue weighted by atomic mass is 32.2. The van der Waals surface area contributed by atoms with Crippen molar-refractivity contribution in [1.29, 1.82) is 0 Å². The number of hydrogen-bond donors (Lipinski definition) is 2. The van der Waals surface area contributed by atoms with Crippen LogP contribution in [0, 0.1) is 17.7 Å². The highest BCUT2D eigenvalue weighted by Gasteiger charge is 2.57. The lowest BCUT2D eigenvalue weighted by Crippen LogP contribution is -2.32. The number of ether oxygens (including phenoxy) is 2. The number of sulfonamides is 1. The smallest absolute Gasteiger partial charge is 0.281 e. The monoisotopic (exact) mass is 556 g/mol. The molecule has 0 saturated heterocycles. The Morgan fingerprint density at radius 2 is 1.92 bits per heavy atom. The molecule has 0 bridgehead atoms. The number of carbonyl (C=O) groups excluding carboxylic acids is 1. The van der Waals surface area contributed by atoms with Gasteiger partial charge in [0.2, 0.25) is 5.88 Å². The fourth-order valence-corrected chi connectivity index (χ4v) is 4.32. The topological polar surface area (TPSA) is 134 Å². The normalized spacial score (nSPS) is 16.2. The molecule has 1 fully saturated rings. The Hall–Kier alpha value is -3.87. The molecule has 2 aromatic heterocycles. The average Bonchev–Trinajstić information content (AvgIpc) is 3.46. The number of carbonyl (C=O) groups is 1. The summed E-state index contributed by atoms with van der Waals surface area (Å²) in [6.45, 7) is 3.75. The highest BCUT2D eigenvalue weighted by molar-refractivity contribution is 7.90. The number of amides is 1. The van der Waals surface area contributed by atoms with Crippen molar-refractivity contribution < 1.29 is 40.1 Å². The molecule has 1 unspecified atom stereocenters. The van der Waals surface area contributed by atoms with Crippen molar-refractivity contribution >= 4 is 21.7 Å². The van der Waals surface area contributed by atoms with Crippen LogP contribution in [-0.2, 0) is 10.0 Å². The molecule has 208 valence electrons. The molecule has 1 aromatic carbocycles. The van der Waals surface area contributed by atoms with Crippen LogP contribution in [0.3, 0.4) is 0 Å². The first-order valence-corrected chi connectivity index (χ1v) is 13.1. The van der Waals surface area contributed by atoms with Crippen molar-refractivity contribution in [2.45, 2.75) is 31.2 Å². The largest absolute Gasteiger partial charge is 0.493 e. The van der Waals surface area contributed by atoms with Gasteiger partial charge in [0.05, 0.1) is 24.8 Å². The highest BCUT2D eigenvalue weighted by Crippen LogP contribution is 2.48. The molecule has 1 aliphatic rings. The van der Waals surface area contributed by atoms with E-state index >= 15 is 0 Å². The molecule has 1 saturated carbocycles. The van der Waals surface area contributed by atoms with Crippen molar-refractivity contribution in [3.05, 3.63) is 59.9 Å². The van der Waals surface area contributed by atoms with Crippen LogP contribution in [0.15, 0.2) is 53.6 Å². The van der Waals surface area contributed by atoms with Crippen molar-refractivity contribution in [2.75, 3.05) is 18.9 Å². The van der Waals surface area contributed by atoms with E-state index in [4.69, 9.17) is 15.2 Å². The van der Waals surface area contributed by atoms with Gasteiger partial charge in [0.15, 0.2) is 5.03 Å². The number of nitrogens with two attached hydrogens (primary N) is 1. The van der Waals surface area contributed by atoms with Gasteiger partial charge in [0, 0.05) is 22.3 Å². The molecule has 3 N–H and O–H groups in total. The van der Waals surface area contributed by atoms with Gasteiger partial charge in [-0.2, -0.15) is 8.42 Å². The minimum Gasteiger partial charge on any atom is -0.493 e. The van der Waals surface area contributed by atoms with Gasteiger partial charge in [0.1, 0.15) is 22.9 Å². The molecule has 2 heterocycles. The molecule has 38 heavy (non-hydrogen) atoms. The van der Waals surface area contributed by atoms with Crippen LogP contribution in [-0.4, -0.2) is 43.4 Å². The summed E-state index contributed by atoms with van der Waals surface area (Å²) in [4.78, 5) is 20.9. The van der Waals surface area contributed by atoms with E-state index in [1.165, 1.54) is 42.5 Å². The van der Waals surface area contributed by atoms with E-state index in [-0.39, 0.29) is 45.0 Å². The second kappa shape index (κ2) is 10.5. The Kier molecular flexibility index (Phi) is 7.49. The Labute approximate surface area is 221 Å². The molecule has 3 aromatic rings. The van der Waals surface area contributed by atoms with E-state index in [0.717, 1.165) is 6.07 Å². The number of alkyl halides is 2. The van der Waals surface area contributed by atoms with E-state index in [1.54, 1.807) is 0 Å². The second-order valence-corrected chi connectivity index (χ2v) is 10.9. The fourth-order valence-electron chi connectivity index (χ4n) is 3.38. The number of rotatable bonds is 10. The molecule has 1 amide bonds. The summed E-state index contributed by atoms with van der Waals surface area (Å²) in [6.07, 6.45) is -0.385. The zero-order chi connectivity index (χ0) is 27.7. The fraction of sp³-hybridized carbons (Fsp3) is 0.320. The van der Waals surface area contributed by atoms with Crippen LogP contribution >= 0.6 is 0 Å². The van der Waals surface area contributed by atoms with Gasteiger partial charge in [-0.15, -0.1) is 0 Å². The zero-order valence-corrected chi connectivity index (χ0v) is 21.3. The summed E-state index contributed by atoms with van der Waals surface area (Å²) in [5.74, 6) is -5.74. The quantitative estimate of drug-likeness (QED) is 0.364. The van der Waals surface area contributed by atoms with Gasteiger partial charge in [-0.1, -0.05) is 19.9 Å². The van der Waals surface area contributed by atoms with Crippen LogP contribution in [0.25, 0.3) is 11.3 Å². The lowest BCUT2D eigenvalue weighted by Gasteiger charge is -2.14. The van der Waals surface area contributed by atoms with Gasteiger partial charge in [-0.05, 0) is 42.3 Å². The van der Waals surface area contributed by atoms with Crippen molar-refractivity contribution in [2.24, 2.45) is 11.8 Å². The standard InChI is InChI=1S/C25H25F3N4O5S.3H2/c1-14(2)12-36-18-9-15(8-17(26)10-18)20-7-6-19(24(30-20)37-13-16-11-25(16,27)28)23(33)32-38(34,35)22-5-3-4-21(29)31-22;;;/h3-10,14,16H,11-13H2,1-2H3,(H2,29,31)(H,32,33);3*1H. The van der Waals surface area contributed by atoms with Gasteiger partial charge < -0.3 is 15.2 Å². The summed E-state index contributed by atoms with van der Waals surface area (Å²) in [7, 11) is -4.43. The van der Waals surface area contributed by atoms with Gasteiger partial charge in [0.25, 0.3) is 21.9 Å². The number of nitrogen functional groups attached to an aromatic ring is 1. The second-order valence-electron chi connectivity index (χ2n) is 9.24. The van der Waals surface area contributed by atoms with Crippen LogP contribution in [0.1, 0.15) is 34.9 Å². The number of hydrogen-bond acceptors (Lipinski definition) is 8. The molecule has 0 spiro atoms. The third-order valence-corrected chi connectivity index (χ3v) is 6.71. The minimum atomic E-state index is -4.43. The molecule has 9 nitrogen and oxygen atoms in total. The maximum Gasteiger partial charge on any atom is 0.281 e. The maximum atomic E-state index is 14.3. The lowest BCUT2D eigenvalue weighted by atomic mass is 10.1. The number of benzene rings is 1. The van der Waals surface area contributed by atoms with E-state index in [1.807, 2.05) is 18.6 Å². The predicted molar refractivity (Wildman–Crippen MR) is 138 cm³/mol. The van der Waals surface area contributed by atoms with E-state index in [0.29, 0.717) is 6.61 Å². The molecule has 4 rings (SSSR count). The number of nitrogens with zero attached hydrogens (tertiary/aromatic N) is 2. The van der Waals surface area contributed by atoms with Crippen LogP contribution in [0.4, 0.5) is 19.0 Å². The zero-order valence-electron chi connectivity index (χ0n) is 20.4. The predicted octanol–water partition coefficient (Wildman–Crippen LogP) is 4.79. The molecule has 13 heteroatoms. The third kappa shape index (κ3) is 6.52. The van der Waals surface area contributed by atoms with Crippen LogP contribution in [0.2, 0.25) is 0 Å². The summed E-state index contributed by atoms with van der Waals surface area (Å²) in [6, 6.07) is 10.3. The number of halogens is 3. The average molecular weight is 557 g/mol. The molecule has 0 aliphatic heterocycles. The molecule has 1 atom stereocenters. The first-order valence-electron chi connectivity index (χ1n) is 11.6. The van der Waals surface area contributed by atoms with Crippen molar-refractivity contribution in [3.63, 3.8) is 0 Å². The SMILES string of the molecule is CC(C)COc1cc(F)cc(-c2ccc(C(=O)NS(=O)(=O)c3cccc(N)n3)c(OCC3CC3(F)F)n2)c1.[HH].[HH].[HH]. The van der Waals surface area contributed by atoms with Crippen molar-refractivity contribution in [1.82, 2.24) is 14.7 Å². The Morgan fingerprint density at radius 3 is 2.58 bits per heavy atom. The molecular formula is C25H31F3N4O5S. The number of aromatic nitrogens is 2. The first-order chi connectivity index (χ1) is 17.8. The maximum absolute atomic E-state index is 14.3. The Bertz CT molecular complexity index is 1480.